The molecule has 0 amide bonds. The van der Waals surface area contributed by atoms with Gasteiger partial charge in [-0.05, 0) is 74.7 Å². The lowest BCUT2D eigenvalue weighted by Gasteiger charge is -2.16. The Balaban J connectivity index is 2.45. The number of ketones is 1. The van der Waals surface area contributed by atoms with E-state index < -0.39 is 0 Å². The third-order valence-electron chi connectivity index (χ3n) is 4.66. The van der Waals surface area contributed by atoms with Crippen molar-refractivity contribution in [2.75, 3.05) is 19.5 Å². The molecule has 2 rings (SSSR count). The minimum atomic E-state index is -0.0900. The van der Waals surface area contributed by atoms with Crippen LogP contribution in [-0.4, -0.2) is 25.0 Å². The first-order valence-electron chi connectivity index (χ1n) is 9.69. The number of anilines is 1. The number of hydrogen-bond donors (Lipinski definition) is 2. The van der Waals surface area contributed by atoms with Crippen LogP contribution in [0.3, 0.4) is 0 Å². The molecular weight excluding hydrogens is 362 g/mol. The van der Waals surface area contributed by atoms with Crippen LogP contribution in [0.2, 0.25) is 0 Å². The molecular formula is C25H29NO3. The van der Waals surface area contributed by atoms with E-state index in [4.69, 9.17) is 4.74 Å². The Morgan fingerprint density at radius 3 is 2.34 bits per heavy atom. The normalized spacial score (nSPS) is 11.6. The molecule has 0 saturated carbocycles. The number of carbonyl (C=O) groups is 1. The number of methoxy groups -OCH3 is 1. The van der Waals surface area contributed by atoms with Crippen molar-refractivity contribution >= 4 is 17.5 Å². The van der Waals surface area contributed by atoms with Gasteiger partial charge in [-0.2, -0.15) is 0 Å². The Hall–Kier alpha value is -3.27. The second-order valence-electron chi connectivity index (χ2n) is 6.56. The highest BCUT2D eigenvalue weighted by molar-refractivity contribution is 6.07. The molecule has 0 bridgehead atoms. The molecule has 0 heterocycles. The zero-order chi connectivity index (χ0) is 21.2. The zero-order valence-electron chi connectivity index (χ0n) is 17.5. The standard InChI is InChI=1S/C25H29NO3/c1-5-7-9-19-17-20(25(29-4)22(24(19)28)10-8-6-2)13-16-23(27)18-11-14-21(26-3)15-12-18/h5-8,11-17,26,28H,9-10H2,1-4H3/b7-5+,8-6+,16-13+. The Labute approximate surface area is 173 Å². The molecule has 0 fully saturated rings. The zero-order valence-corrected chi connectivity index (χ0v) is 17.5. The summed E-state index contributed by atoms with van der Waals surface area (Å²) in [6, 6.07) is 9.20. The fraction of sp³-hybridized carbons (Fsp3) is 0.240. The predicted octanol–water partition coefficient (Wildman–Crippen LogP) is 5.58. The molecule has 2 N–H and O–H groups in total. The average Bonchev–Trinajstić information content (AvgIpc) is 2.75. The smallest absolute Gasteiger partial charge is 0.185 e. The van der Waals surface area contributed by atoms with E-state index in [1.807, 2.05) is 63.4 Å². The summed E-state index contributed by atoms with van der Waals surface area (Å²) in [6.07, 6.45) is 12.3. The molecule has 152 valence electrons. The molecule has 2 aromatic carbocycles. The molecule has 0 spiro atoms. The first kappa shape index (κ1) is 22.0. The van der Waals surface area contributed by atoms with Gasteiger partial charge in [-0.1, -0.05) is 24.3 Å². The molecule has 0 radical (unpaired) electrons. The quantitative estimate of drug-likeness (QED) is 0.333. The van der Waals surface area contributed by atoms with Gasteiger partial charge in [0.15, 0.2) is 5.78 Å². The second kappa shape index (κ2) is 10.9. The average molecular weight is 392 g/mol. The van der Waals surface area contributed by atoms with Crippen molar-refractivity contribution in [3.63, 3.8) is 0 Å². The van der Waals surface area contributed by atoms with Crippen LogP contribution >= 0.6 is 0 Å². The van der Waals surface area contributed by atoms with Crippen LogP contribution in [0.1, 0.15) is 40.9 Å². The highest BCUT2D eigenvalue weighted by atomic mass is 16.5. The second-order valence-corrected chi connectivity index (χ2v) is 6.56. The largest absolute Gasteiger partial charge is 0.507 e. The number of carbonyl (C=O) groups excluding carboxylic acids is 1. The number of hydrogen-bond acceptors (Lipinski definition) is 4. The van der Waals surface area contributed by atoms with E-state index in [0.717, 1.165) is 22.4 Å². The molecule has 0 saturated heterocycles. The summed E-state index contributed by atoms with van der Waals surface area (Å²) >= 11 is 0. The number of ether oxygens (including phenoxy) is 1. The molecule has 29 heavy (non-hydrogen) atoms. The van der Waals surface area contributed by atoms with Crippen molar-refractivity contribution in [1.82, 2.24) is 0 Å². The molecule has 4 nitrogen and oxygen atoms in total. The minimum absolute atomic E-state index is 0.0900. The van der Waals surface area contributed by atoms with Gasteiger partial charge in [-0.25, -0.2) is 0 Å². The lowest BCUT2D eigenvalue weighted by Crippen LogP contribution is -1.99. The Bertz CT molecular complexity index is 922. The first-order chi connectivity index (χ1) is 14.0. The molecule has 4 heteroatoms. The Morgan fingerprint density at radius 1 is 1.10 bits per heavy atom. The number of rotatable bonds is 9. The van der Waals surface area contributed by atoms with Crippen LogP contribution in [0.5, 0.6) is 11.5 Å². The van der Waals surface area contributed by atoms with Crippen molar-refractivity contribution in [1.29, 1.82) is 0 Å². The lowest BCUT2D eigenvalue weighted by atomic mass is 9.97. The monoisotopic (exact) mass is 391 g/mol. The molecule has 0 aromatic heterocycles. The van der Waals surface area contributed by atoms with Gasteiger partial charge < -0.3 is 15.2 Å². The number of allylic oxidation sites excluding steroid dienone is 5. The molecule has 0 aliphatic heterocycles. The van der Waals surface area contributed by atoms with Gasteiger partial charge in [0.05, 0.1) is 7.11 Å². The maximum atomic E-state index is 12.6. The van der Waals surface area contributed by atoms with Crippen LogP contribution in [0.4, 0.5) is 5.69 Å². The number of aromatic hydroxyl groups is 1. The summed E-state index contributed by atoms with van der Waals surface area (Å²) in [5.74, 6) is 0.733. The highest BCUT2D eigenvalue weighted by Gasteiger charge is 2.16. The summed E-state index contributed by atoms with van der Waals surface area (Å²) in [5, 5.41) is 13.8. The summed E-state index contributed by atoms with van der Waals surface area (Å²) < 4.78 is 5.60. The van der Waals surface area contributed by atoms with Gasteiger partial charge in [0.25, 0.3) is 0 Å². The third kappa shape index (κ3) is 5.61. The first-order valence-corrected chi connectivity index (χ1v) is 9.69. The topological polar surface area (TPSA) is 58.6 Å². The number of phenolic OH excluding ortho intramolecular Hbond substituents is 1. The van der Waals surface area contributed by atoms with Crippen LogP contribution in [0.25, 0.3) is 6.08 Å². The van der Waals surface area contributed by atoms with E-state index in [0.29, 0.717) is 24.2 Å². The fourth-order valence-corrected chi connectivity index (χ4v) is 3.05. The lowest BCUT2D eigenvalue weighted by molar-refractivity contribution is 0.104. The van der Waals surface area contributed by atoms with Crippen LogP contribution in [0, 0.1) is 0 Å². The van der Waals surface area contributed by atoms with Crippen molar-refractivity contribution in [2.24, 2.45) is 0 Å². The Kier molecular flexibility index (Phi) is 8.28. The third-order valence-corrected chi connectivity index (χ3v) is 4.66. The van der Waals surface area contributed by atoms with Crippen molar-refractivity contribution in [2.45, 2.75) is 26.7 Å². The highest BCUT2D eigenvalue weighted by Crippen LogP contribution is 2.37. The van der Waals surface area contributed by atoms with E-state index in [1.165, 1.54) is 0 Å². The molecule has 0 aliphatic rings. The van der Waals surface area contributed by atoms with E-state index in [1.54, 1.807) is 31.4 Å². The Morgan fingerprint density at radius 2 is 1.76 bits per heavy atom. The predicted molar refractivity (Wildman–Crippen MR) is 121 cm³/mol. The van der Waals surface area contributed by atoms with Crippen LogP contribution < -0.4 is 10.1 Å². The van der Waals surface area contributed by atoms with Crippen molar-refractivity contribution in [3.05, 3.63) is 83.0 Å². The van der Waals surface area contributed by atoms with Crippen molar-refractivity contribution in [3.8, 4) is 11.5 Å². The van der Waals surface area contributed by atoms with E-state index in [2.05, 4.69) is 5.32 Å². The van der Waals surface area contributed by atoms with Crippen molar-refractivity contribution < 1.29 is 14.6 Å². The number of phenols is 1. The van der Waals surface area contributed by atoms with E-state index >= 15 is 0 Å². The maximum absolute atomic E-state index is 12.6. The molecule has 0 unspecified atom stereocenters. The summed E-state index contributed by atoms with van der Waals surface area (Å²) in [4.78, 5) is 12.6. The molecule has 0 atom stereocenters. The van der Waals surface area contributed by atoms with Gasteiger partial charge in [-0.15, -0.1) is 0 Å². The summed E-state index contributed by atoms with van der Waals surface area (Å²) in [6.45, 7) is 3.88. The number of nitrogens with one attached hydrogen (secondary N) is 1. The number of benzene rings is 2. The van der Waals surface area contributed by atoms with Gasteiger partial charge in [0.1, 0.15) is 11.5 Å². The summed E-state index contributed by atoms with van der Waals surface area (Å²) in [7, 11) is 3.42. The van der Waals surface area contributed by atoms with Gasteiger partial charge in [0.2, 0.25) is 0 Å². The van der Waals surface area contributed by atoms with Gasteiger partial charge in [0, 0.05) is 29.4 Å². The SMILES string of the molecule is C/C=C/Cc1cc(/C=C/C(=O)c2ccc(NC)cc2)c(OC)c(C/C=C/C)c1O. The minimum Gasteiger partial charge on any atom is -0.507 e. The van der Waals surface area contributed by atoms with Crippen LogP contribution in [0.15, 0.2) is 60.7 Å². The van der Waals surface area contributed by atoms with Gasteiger partial charge >= 0.3 is 0 Å². The van der Waals surface area contributed by atoms with Gasteiger partial charge in [-0.3, -0.25) is 4.79 Å². The molecule has 2 aromatic rings. The molecule has 0 aliphatic carbocycles. The van der Waals surface area contributed by atoms with E-state index in [9.17, 15) is 9.90 Å². The maximum Gasteiger partial charge on any atom is 0.185 e. The van der Waals surface area contributed by atoms with E-state index in [-0.39, 0.29) is 11.5 Å². The summed E-state index contributed by atoms with van der Waals surface area (Å²) in [5.41, 5.74) is 3.85. The fourth-order valence-electron chi connectivity index (χ4n) is 3.05. The van der Waals surface area contributed by atoms with Crippen LogP contribution in [-0.2, 0) is 12.8 Å².